The van der Waals surface area contributed by atoms with Gasteiger partial charge in [0.1, 0.15) is 5.75 Å². The first kappa shape index (κ1) is 21.3. The number of nitrogens with one attached hydrogen (secondary N) is 2. The first-order valence-corrected chi connectivity index (χ1v) is 9.52. The van der Waals surface area contributed by atoms with E-state index in [9.17, 15) is 0 Å². The summed E-state index contributed by atoms with van der Waals surface area (Å²) in [7, 11) is 1.68. The van der Waals surface area contributed by atoms with Crippen LogP contribution in [-0.2, 0) is 6.54 Å². The molecule has 1 aromatic carbocycles. The van der Waals surface area contributed by atoms with Crippen LogP contribution in [0.4, 0.5) is 0 Å². The third-order valence-corrected chi connectivity index (χ3v) is 4.31. The third-order valence-electron chi connectivity index (χ3n) is 4.31. The molecule has 2 N–H and O–H groups in total. The molecule has 1 aromatic rings. The second kappa shape index (κ2) is 12.6. The summed E-state index contributed by atoms with van der Waals surface area (Å²) in [5, 5.41) is 6.85. The zero-order valence-electron chi connectivity index (χ0n) is 16.6. The predicted molar refractivity (Wildman–Crippen MR) is 107 cm³/mol. The van der Waals surface area contributed by atoms with E-state index < -0.39 is 0 Å². The van der Waals surface area contributed by atoms with Crippen LogP contribution in [0, 0.1) is 0 Å². The van der Waals surface area contributed by atoms with Crippen LogP contribution in [0.15, 0.2) is 29.3 Å². The summed E-state index contributed by atoms with van der Waals surface area (Å²) < 4.78 is 5.19. The maximum atomic E-state index is 5.19. The van der Waals surface area contributed by atoms with Crippen molar-refractivity contribution in [1.82, 2.24) is 15.5 Å². The van der Waals surface area contributed by atoms with Gasteiger partial charge >= 0.3 is 0 Å². The predicted octanol–water partition coefficient (Wildman–Crippen LogP) is 3.26. The van der Waals surface area contributed by atoms with Gasteiger partial charge in [-0.25, -0.2) is 4.99 Å². The molecule has 25 heavy (non-hydrogen) atoms. The Hall–Kier alpha value is -1.75. The fourth-order valence-corrected chi connectivity index (χ4v) is 2.69. The molecular weight excluding hydrogens is 312 g/mol. The molecule has 0 saturated carbocycles. The van der Waals surface area contributed by atoms with Crippen molar-refractivity contribution in [3.8, 4) is 5.75 Å². The van der Waals surface area contributed by atoms with Gasteiger partial charge in [-0.2, -0.15) is 0 Å². The molecule has 0 heterocycles. The van der Waals surface area contributed by atoms with Crippen LogP contribution in [0.2, 0.25) is 0 Å². The number of nitrogens with zero attached hydrogens (tertiary/aromatic N) is 2. The minimum Gasteiger partial charge on any atom is -0.497 e. The summed E-state index contributed by atoms with van der Waals surface area (Å²) in [6.07, 6.45) is 2.34. The standard InChI is InChI=1S/C20H36N4O/c1-6-21-20(22-16-18-11-13-19(25-5)14-12-18)23-17(4)10-9-15-24(7-2)8-3/h11-14,17H,6-10,15-16H2,1-5H3,(H2,21,22,23). The van der Waals surface area contributed by atoms with Crippen LogP contribution < -0.4 is 15.4 Å². The summed E-state index contributed by atoms with van der Waals surface area (Å²) in [6.45, 7) is 13.7. The van der Waals surface area contributed by atoms with Crippen molar-refractivity contribution < 1.29 is 4.74 Å². The zero-order chi connectivity index (χ0) is 18.5. The van der Waals surface area contributed by atoms with Crippen molar-refractivity contribution in [3.05, 3.63) is 29.8 Å². The Balaban J connectivity index is 2.48. The largest absolute Gasteiger partial charge is 0.497 e. The van der Waals surface area contributed by atoms with E-state index in [1.54, 1.807) is 7.11 Å². The van der Waals surface area contributed by atoms with Gasteiger partial charge in [0.25, 0.3) is 0 Å². The Morgan fingerprint density at radius 2 is 1.84 bits per heavy atom. The first-order valence-electron chi connectivity index (χ1n) is 9.52. The van der Waals surface area contributed by atoms with Crippen LogP contribution in [-0.4, -0.2) is 50.2 Å². The van der Waals surface area contributed by atoms with E-state index in [-0.39, 0.29) is 0 Å². The Kier molecular flexibility index (Phi) is 10.7. The number of hydrogen-bond acceptors (Lipinski definition) is 3. The van der Waals surface area contributed by atoms with Gasteiger partial charge < -0.3 is 20.3 Å². The number of hydrogen-bond donors (Lipinski definition) is 2. The summed E-state index contributed by atoms with van der Waals surface area (Å²) >= 11 is 0. The minimum absolute atomic E-state index is 0.407. The highest BCUT2D eigenvalue weighted by molar-refractivity contribution is 5.80. The lowest BCUT2D eigenvalue weighted by molar-refractivity contribution is 0.292. The molecule has 0 aromatic heterocycles. The van der Waals surface area contributed by atoms with E-state index in [0.29, 0.717) is 12.6 Å². The summed E-state index contributed by atoms with van der Waals surface area (Å²) in [4.78, 5) is 7.17. The number of methoxy groups -OCH3 is 1. The monoisotopic (exact) mass is 348 g/mol. The van der Waals surface area contributed by atoms with E-state index in [4.69, 9.17) is 9.73 Å². The maximum Gasteiger partial charge on any atom is 0.191 e. The van der Waals surface area contributed by atoms with Gasteiger partial charge in [-0.3, -0.25) is 0 Å². The maximum absolute atomic E-state index is 5.19. The SMILES string of the molecule is CCNC(=NCc1ccc(OC)cc1)NC(C)CCCN(CC)CC. The van der Waals surface area contributed by atoms with E-state index in [2.05, 4.69) is 55.4 Å². The highest BCUT2D eigenvalue weighted by Gasteiger charge is 2.06. The van der Waals surface area contributed by atoms with Crippen LogP contribution >= 0.6 is 0 Å². The normalized spacial score (nSPS) is 13.0. The average molecular weight is 349 g/mol. The number of benzene rings is 1. The van der Waals surface area contributed by atoms with E-state index in [0.717, 1.165) is 37.8 Å². The van der Waals surface area contributed by atoms with Gasteiger partial charge in [-0.15, -0.1) is 0 Å². The molecule has 1 unspecified atom stereocenters. The molecule has 0 aliphatic rings. The van der Waals surface area contributed by atoms with Crippen LogP contribution in [0.3, 0.4) is 0 Å². The van der Waals surface area contributed by atoms with Crippen molar-refractivity contribution in [2.45, 2.75) is 53.1 Å². The lowest BCUT2D eigenvalue weighted by Gasteiger charge is -2.21. The van der Waals surface area contributed by atoms with Gasteiger partial charge in [0.2, 0.25) is 0 Å². The van der Waals surface area contributed by atoms with Crippen LogP contribution in [0.1, 0.15) is 46.1 Å². The smallest absolute Gasteiger partial charge is 0.191 e. The van der Waals surface area contributed by atoms with E-state index in [1.165, 1.54) is 18.5 Å². The fourth-order valence-electron chi connectivity index (χ4n) is 2.69. The highest BCUT2D eigenvalue weighted by atomic mass is 16.5. The first-order chi connectivity index (χ1) is 12.1. The van der Waals surface area contributed by atoms with Crippen molar-refractivity contribution in [3.63, 3.8) is 0 Å². The van der Waals surface area contributed by atoms with Crippen molar-refractivity contribution in [2.75, 3.05) is 33.3 Å². The number of aliphatic imine (C=N–C) groups is 1. The quantitative estimate of drug-likeness (QED) is 0.476. The second-order valence-corrected chi connectivity index (χ2v) is 6.26. The Morgan fingerprint density at radius 3 is 2.40 bits per heavy atom. The molecule has 142 valence electrons. The van der Waals surface area contributed by atoms with Gasteiger partial charge in [-0.1, -0.05) is 26.0 Å². The average Bonchev–Trinajstić information content (AvgIpc) is 2.64. The lowest BCUT2D eigenvalue weighted by atomic mass is 10.2. The molecule has 0 spiro atoms. The number of rotatable bonds is 11. The lowest BCUT2D eigenvalue weighted by Crippen LogP contribution is -2.42. The van der Waals surface area contributed by atoms with Crippen molar-refractivity contribution in [2.24, 2.45) is 4.99 Å². The van der Waals surface area contributed by atoms with Crippen molar-refractivity contribution in [1.29, 1.82) is 0 Å². The number of guanidine groups is 1. The molecule has 0 aliphatic carbocycles. The van der Waals surface area contributed by atoms with Gasteiger partial charge in [-0.05, 0) is 64.0 Å². The van der Waals surface area contributed by atoms with Crippen molar-refractivity contribution >= 4 is 5.96 Å². The highest BCUT2D eigenvalue weighted by Crippen LogP contribution is 2.11. The fraction of sp³-hybridized carbons (Fsp3) is 0.650. The second-order valence-electron chi connectivity index (χ2n) is 6.26. The summed E-state index contributed by atoms with van der Waals surface area (Å²) in [5.74, 6) is 1.76. The zero-order valence-corrected chi connectivity index (χ0v) is 16.6. The minimum atomic E-state index is 0.407. The molecule has 0 aliphatic heterocycles. The van der Waals surface area contributed by atoms with Crippen LogP contribution in [0.25, 0.3) is 0 Å². The topological polar surface area (TPSA) is 48.9 Å². The molecule has 0 bridgehead atoms. The Bertz CT molecular complexity index is 483. The summed E-state index contributed by atoms with van der Waals surface area (Å²) in [5.41, 5.74) is 1.17. The summed E-state index contributed by atoms with van der Waals surface area (Å²) in [6, 6.07) is 8.46. The third kappa shape index (κ3) is 8.77. The molecule has 0 saturated heterocycles. The van der Waals surface area contributed by atoms with Gasteiger partial charge in [0.15, 0.2) is 5.96 Å². The molecule has 5 heteroatoms. The molecule has 1 rings (SSSR count). The number of ether oxygens (including phenoxy) is 1. The molecule has 0 amide bonds. The van der Waals surface area contributed by atoms with E-state index >= 15 is 0 Å². The molecule has 0 fully saturated rings. The molecule has 0 radical (unpaired) electrons. The Labute approximate surface area is 153 Å². The van der Waals surface area contributed by atoms with Crippen LogP contribution in [0.5, 0.6) is 5.75 Å². The van der Waals surface area contributed by atoms with E-state index in [1.807, 2.05) is 12.1 Å². The molecular formula is C20H36N4O. The molecule has 1 atom stereocenters. The Morgan fingerprint density at radius 1 is 1.16 bits per heavy atom. The van der Waals surface area contributed by atoms with Gasteiger partial charge in [0, 0.05) is 12.6 Å². The molecule has 5 nitrogen and oxygen atoms in total. The van der Waals surface area contributed by atoms with Gasteiger partial charge in [0.05, 0.1) is 13.7 Å².